The minimum atomic E-state index is -3.01. The zero-order valence-corrected chi connectivity index (χ0v) is 11.5. The van der Waals surface area contributed by atoms with E-state index in [-0.39, 0.29) is 11.4 Å². The smallest absolute Gasteiger partial charge is 0.214 e. The molecule has 0 bridgehead atoms. The Labute approximate surface area is 104 Å². The van der Waals surface area contributed by atoms with Crippen LogP contribution in [-0.4, -0.2) is 43.8 Å². The second kappa shape index (κ2) is 5.24. The zero-order chi connectivity index (χ0) is 12.4. The number of nitrogens with zero attached hydrogens (tertiary/aromatic N) is 1. The molecular weight excluding hydrogens is 238 g/mol. The normalized spacial score (nSPS) is 26.2. The fraction of sp³-hybridized carbons (Fsp3) is 1.00. The molecule has 17 heavy (non-hydrogen) atoms. The van der Waals surface area contributed by atoms with E-state index in [4.69, 9.17) is 4.74 Å². The van der Waals surface area contributed by atoms with Crippen molar-refractivity contribution in [3.05, 3.63) is 0 Å². The van der Waals surface area contributed by atoms with Crippen LogP contribution >= 0.6 is 0 Å². The first-order valence-corrected chi connectivity index (χ1v) is 8.31. The van der Waals surface area contributed by atoms with Gasteiger partial charge >= 0.3 is 0 Å². The van der Waals surface area contributed by atoms with Gasteiger partial charge < -0.3 is 4.74 Å². The fourth-order valence-corrected chi connectivity index (χ4v) is 4.38. The molecule has 1 spiro atoms. The summed E-state index contributed by atoms with van der Waals surface area (Å²) in [5.74, 6) is 0.279. The summed E-state index contributed by atoms with van der Waals surface area (Å²) in [7, 11) is -3.01. The molecule has 0 aromatic carbocycles. The van der Waals surface area contributed by atoms with Gasteiger partial charge in [0.15, 0.2) is 0 Å². The summed E-state index contributed by atoms with van der Waals surface area (Å²) in [6.45, 7) is 4.04. The molecule has 2 heterocycles. The van der Waals surface area contributed by atoms with Gasteiger partial charge in [-0.05, 0) is 38.5 Å². The number of piperidine rings is 1. The molecule has 0 aliphatic carbocycles. The predicted molar refractivity (Wildman–Crippen MR) is 67.4 cm³/mol. The quantitative estimate of drug-likeness (QED) is 0.777. The Morgan fingerprint density at radius 3 is 2.41 bits per heavy atom. The van der Waals surface area contributed by atoms with E-state index in [1.54, 1.807) is 4.31 Å². The Hall–Kier alpha value is -0.130. The molecule has 2 fully saturated rings. The van der Waals surface area contributed by atoms with Gasteiger partial charge in [0.25, 0.3) is 0 Å². The van der Waals surface area contributed by atoms with Gasteiger partial charge in [-0.25, -0.2) is 12.7 Å². The summed E-state index contributed by atoms with van der Waals surface area (Å²) < 4.78 is 31.4. The van der Waals surface area contributed by atoms with Gasteiger partial charge in [0.2, 0.25) is 10.0 Å². The molecule has 0 aromatic rings. The van der Waals surface area contributed by atoms with Crippen LogP contribution in [0, 0.1) is 0 Å². The lowest BCUT2D eigenvalue weighted by molar-refractivity contribution is -0.103. The Morgan fingerprint density at radius 2 is 1.88 bits per heavy atom. The van der Waals surface area contributed by atoms with E-state index in [0.29, 0.717) is 19.5 Å². The molecule has 5 heteroatoms. The molecule has 0 aromatic heterocycles. The zero-order valence-electron chi connectivity index (χ0n) is 10.7. The monoisotopic (exact) mass is 261 g/mol. The van der Waals surface area contributed by atoms with Gasteiger partial charge in [0.1, 0.15) is 0 Å². The van der Waals surface area contributed by atoms with E-state index >= 15 is 0 Å². The molecule has 0 N–H and O–H groups in total. The lowest BCUT2D eigenvalue weighted by atomic mass is 9.85. The van der Waals surface area contributed by atoms with E-state index in [1.165, 1.54) is 6.42 Å². The van der Waals surface area contributed by atoms with Gasteiger partial charge in [-0.3, -0.25) is 0 Å². The van der Waals surface area contributed by atoms with Crippen molar-refractivity contribution in [3.8, 4) is 0 Å². The minimum absolute atomic E-state index is 0.00349. The highest BCUT2D eigenvalue weighted by Gasteiger charge is 2.39. The second-order valence-electron chi connectivity index (χ2n) is 5.20. The van der Waals surface area contributed by atoms with Gasteiger partial charge in [0, 0.05) is 19.7 Å². The maximum Gasteiger partial charge on any atom is 0.214 e. The van der Waals surface area contributed by atoms with Crippen LogP contribution in [0.5, 0.6) is 0 Å². The topological polar surface area (TPSA) is 46.6 Å². The second-order valence-corrected chi connectivity index (χ2v) is 7.29. The van der Waals surface area contributed by atoms with E-state index in [1.807, 2.05) is 6.92 Å². The third kappa shape index (κ3) is 3.01. The maximum atomic E-state index is 11.9. The van der Waals surface area contributed by atoms with E-state index < -0.39 is 10.0 Å². The van der Waals surface area contributed by atoms with Crippen LogP contribution in [0.1, 0.15) is 45.4 Å². The Morgan fingerprint density at radius 1 is 1.18 bits per heavy atom. The van der Waals surface area contributed by atoms with Crippen molar-refractivity contribution in [3.63, 3.8) is 0 Å². The highest BCUT2D eigenvalue weighted by atomic mass is 32.2. The number of rotatable bonds is 3. The Bertz CT molecular complexity index is 337. The first kappa shape index (κ1) is 13.3. The average Bonchev–Trinajstić information content (AvgIpc) is 2.30. The lowest BCUT2D eigenvalue weighted by Gasteiger charge is -2.43. The van der Waals surface area contributed by atoms with Crippen LogP contribution in [0.3, 0.4) is 0 Å². The van der Waals surface area contributed by atoms with Crippen molar-refractivity contribution < 1.29 is 13.2 Å². The van der Waals surface area contributed by atoms with Gasteiger partial charge in [-0.2, -0.15) is 0 Å². The largest absolute Gasteiger partial charge is 0.375 e. The van der Waals surface area contributed by atoms with Crippen LogP contribution in [0.2, 0.25) is 0 Å². The molecule has 100 valence electrons. The van der Waals surface area contributed by atoms with Gasteiger partial charge in [-0.15, -0.1) is 0 Å². The minimum Gasteiger partial charge on any atom is -0.375 e. The van der Waals surface area contributed by atoms with Crippen molar-refractivity contribution in [1.29, 1.82) is 0 Å². The first-order valence-electron chi connectivity index (χ1n) is 6.70. The molecule has 2 aliphatic heterocycles. The third-order valence-electron chi connectivity index (χ3n) is 3.92. The standard InChI is InChI=1S/C12H23NO3S/c1-2-11-17(14,15)13-8-6-12(7-9-13)5-3-4-10-16-12/h2-11H2,1H3. The summed E-state index contributed by atoms with van der Waals surface area (Å²) in [4.78, 5) is 0. The summed E-state index contributed by atoms with van der Waals surface area (Å²) in [6, 6.07) is 0. The van der Waals surface area contributed by atoms with Crippen LogP contribution in [0.15, 0.2) is 0 Å². The molecule has 2 aliphatic rings. The van der Waals surface area contributed by atoms with Crippen LogP contribution in [0.4, 0.5) is 0 Å². The number of hydrogen-bond donors (Lipinski definition) is 0. The van der Waals surface area contributed by atoms with Crippen LogP contribution in [0.25, 0.3) is 0 Å². The molecule has 0 atom stereocenters. The van der Waals surface area contributed by atoms with Crippen molar-refractivity contribution in [2.24, 2.45) is 0 Å². The summed E-state index contributed by atoms with van der Waals surface area (Å²) in [6.07, 6.45) is 5.92. The summed E-state index contributed by atoms with van der Waals surface area (Å²) in [5, 5.41) is 0. The highest BCUT2D eigenvalue weighted by molar-refractivity contribution is 7.89. The predicted octanol–water partition coefficient (Wildman–Crippen LogP) is 1.76. The van der Waals surface area contributed by atoms with Crippen molar-refractivity contribution in [1.82, 2.24) is 4.31 Å². The Kier molecular flexibility index (Phi) is 4.10. The molecule has 0 radical (unpaired) electrons. The third-order valence-corrected chi connectivity index (χ3v) is 6.00. The maximum absolute atomic E-state index is 11.9. The highest BCUT2D eigenvalue weighted by Crippen LogP contribution is 2.35. The first-order chi connectivity index (χ1) is 8.08. The van der Waals surface area contributed by atoms with E-state index in [2.05, 4.69) is 0 Å². The fourth-order valence-electron chi connectivity index (χ4n) is 2.86. The number of ether oxygens (including phenoxy) is 1. The molecule has 2 rings (SSSR count). The number of hydrogen-bond acceptors (Lipinski definition) is 3. The SMILES string of the molecule is CCCS(=O)(=O)N1CCC2(CCCCO2)CC1. The van der Waals surface area contributed by atoms with Gasteiger partial charge in [-0.1, -0.05) is 6.92 Å². The van der Waals surface area contributed by atoms with Crippen molar-refractivity contribution in [2.75, 3.05) is 25.4 Å². The average molecular weight is 261 g/mol. The van der Waals surface area contributed by atoms with E-state index in [9.17, 15) is 8.42 Å². The molecule has 0 saturated carbocycles. The molecular formula is C12H23NO3S. The van der Waals surface area contributed by atoms with Crippen molar-refractivity contribution in [2.45, 2.75) is 51.0 Å². The summed E-state index contributed by atoms with van der Waals surface area (Å²) in [5.41, 5.74) is -0.00349. The molecule has 0 unspecified atom stereocenters. The van der Waals surface area contributed by atoms with E-state index in [0.717, 1.165) is 32.3 Å². The van der Waals surface area contributed by atoms with Crippen LogP contribution < -0.4 is 0 Å². The van der Waals surface area contributed by atoms with Crippen LogP contribution in [-0.2, 0) is 14.8 Å². The summed E-state index contributed by atoms with van der Waals surface area (Å²) >= 11 is 0. The number of sulfonamides is 1. The lowest BCUT2D eigenvalue weighted by Crippen LogP contribution is -2.49. The molecule has 0 amide bonds. The Balaban J connectivity index is 1.93. The molecule has 4 nitrogen and oxygen atoms in total. The van der Waals surface area contributed by atoms with Gasteiger partial charge in [0.05, 0.1) is 11.4 Å². The molecule has 2 saturated heterocycles. The van der Waals surface area contributed by atoms with Crippen molar-refractivity contribution >= 4 is 10.0 Å².